The summed E-state index contributed by atoms with van der Waals surface area (Å²) in [5.41, 5.74) is 1.87. The van der Waals surface area contributed by atoms with Crippen LogP contribution in [-0.2, 0) is 0 Å². The summed E-state index contributed by atoms with van der Waals surface area (Å²) in [6.07, 6.45) is 3.95. The van der Waals surface area contributed by atoms with Gasteiger partial charge < -0.3 is 10.1 Å². The number of nitrogens with one attached hydrogen (secondary N) is 1. The van der Waals surface area contributed by atoms with E-state index in [0.29, 0.717) is 6.10 Å². The summed E-state index contributed by atoms with van der Waals surface area (Å²) in [5, 5.41) is 3.20. The standard InChI is InChI=1S/C16H17FN2O/c1-18-16(15-9-4-12(17)10-19-15)11-2-5-13(6-3-11)20-14-7-8-14/h2-6,9-10,14,16,18H,7-8H2,1H3. The van der Waals surface area contributed by atoms with Crippen molar-refractivity contribution >= 4 is 0 Å². The van der Waals surface area contributed by atoms with Crippen LogP contribution in [0.15, 0.2) is 42.6 Å². The van der Waals surface area contributed by atoms with Crippen molar-refractivity contribution in [3.8, 4) is 5.75 Å². The molecule has 0 radical (unpaired) electrons. The predicted molar refractivity (Wildman–Crippen MR) is 75.2 cm³/mol. The van der Waals surface area contributed by atoms with E-state index in [1.54, 1.807) is 6.07 Å². The Morgan fingerprint density at radius 3 is 2.50 bits per heavy atom. The van der Waals surface area contributed by atoms with Gasteiger partial charge in [-0.25, -0.2) is 4.39 Å². The molecule has 1 saturated carbocycles. The van der Waals surface area contributed by atoms with E-state index in [2.05, 4.69) is 10.3 Å². The van der Waals surface area contributed by atoms with Crippen LogP contribution in [0.4, 0.5) is 4.39 Å². The molecule has 1 heterocycles. The van der Waals surface area contributed by atoms with Gasteiger partial charge in [0, 0.05) is 0 Å². The number of ether oxygens (including phenoxy) is 1. The highest BCUT2D eigenvalue weighted by atomic mass is 19.1. The van der Waals surface area contributed by atoms with Crippen molar-refractivity contribution in [2.45, 2.75) is 25.0 Å². The first kappa shape index (κ1) is 13.1. The van der Waals surface area contributed by atoms with Crippen molar-refractivity contribution in [1.29, 1.82) is 0 Å². The van der Waals surface area contributed by atoms with Crippen molar-refractivity contribution < 1.29 is 9.13 Å². The molecule has 1 aliphatic rings. The third-order valence-corrected chi connectivity index (χ3v) is 3.38. The zero-order chi connectivity index (χ0) is 13.9. The highest BCUT2D eigenvalue weighted by Gasteiger charge is 2.23. The molecule has 1 fully saturated rings. The lowest BCUT2D eigenvalue weighted by Gasteiger charge is -2.16. The van der Waals surface area contributed by atoms with Crippen LogP contribution in [0.25, 0.3) is 0 Å². The minimum absolute atomic E-state index is 0.0504. The van der Waals surface area contributed by atoms with Crippen LogP contribution in [0.2, 0.25) is 0 Å². The van der Waals surface area contributed by atoms with Crippen molar-refractivity contribution in [2.24, 2.45) is 0 Å². The van der Waals surface area contributed by atoms with Crippen LogP contribution in [0.3, 0.4) is 0 Å². The maximum atomic E-state index is 12.9. The lowest BCUT2D eigenvalue weighted by atomic mass is 10.0. The molecule has 0 aliphatic heterocycles. The van der Waals surface area contributed by atoms with E-state index in [1.165, 1.54) is 12.3 Å². The van der Waals surface area contributed by atoms with E-state index in [1.807, 2.05) is 31.3 Å². The number of benzene rings is 1. The molecule has 0 saturated heterocycles. The Balaban J connectivity index is 1.79. The second-order valence-electron chi connectivity index (χ2n) is 5.01. The second kappa shape index (κ2) is 5.59. The molecule has 1 aromatic heterocycles. The molecule has 0 bridgehead atoms. The van der Waals surface area contributed by atoms with E-state index in [4.69, 9.17) is 4.74 Å². The maximum Gasteiger partial charge on any atom is 0.141 e. The summed E-state index contributed by atoms with van der Waals surface area (Å²) >= 11 is 0. The molecular formula is C16H17FN2O. The summed E-state index contributed by atoms with van der Waals surface area (Å²) in [7, 11) is 1.87. The zero-order valence-electron chi connectivity index (χ0n) is 11.3. The summed E-state index contributed by atoms with van der Waals surface area (Å²) in [5.74, 6) is 0.579. The minimum Gasteiger partial charge on any atom is -0.490 e. The average Bonchev–Trinajstić information content (AvgIpc) is 3.27. The fourth-order valence-electron chi connectivity index (χ4n) is 2.16. The largest absolute Gasteiger partial charge is 0.490 e. The molecule has 20 heavy (non-hydrogen) atoms. The molecule has 2 aromatic rings. The molecule has 0 spiro atoms. The van der Waals surface area contributed by atoms with Gasteiger partial charge >= 0.3 is 0 Å². The number of hydrogen-bond donors (Lipinski definition) is 1. The zero-order valence-corrected chi connectivity index (χ0v) is 11.3. The van der Waals surface area contributed by atoms with E-state index in [9.17, 15) is 4.39 Å². The summed E-state index contributed by atoms with van der Waals surface area (Å²) in [6.45, 7) is 0. The molecule has 3 rings (SSSR count). The van der Waals surface area contributed by atoms with Crippen LogP contribution in [0.5, 0.6) is 5.75 Å². The average molecular weight is 272 g/mol. The van der Waals surface area contributed by atoms with Crippen LogP contribution in [-0.4, -0.2) is 18.1 Å². The Morgan fingerprint density at radius 1 is 1.20 bits per heavy atom. The number of aromatic nitrogens is 1. The smallest absolute Gasteiger partial charge is 0.141 e. The molecule has 1 N–H and O–H groups in total. The van der Waals surface area contributed by atoms with E-state index >= 15 is 0 Å². The molecular weight excluding hydrogens is 255 g/mol. The fraction of sp³-hybridized carbons (Fsp3) is 0.312. The number of halogens is 1. The number of pyridine rings is 1. The minimum atomic E-state index is -0.322. The van der Waals surface area contributed by atoms with Gasteiger partial charge in [-0.3, -0.25) is 4.98 Å². The van der Waals surface area contributed by atoms with Crippen molar-refractivity contribution in [3.05, 3.63) is 59.7 Å². The van der Waals surface area contributed by atoms with Gasteiger partial charge in [0.25, 0.3) is 0 Å². The van der Waals surface area contributed by atoms with Crippen molar-refractivity contribution in [2.75, 3.05) is 7.05 Å². The number of nitrogens with zero attached hydrogens (tertiary/aromatic N) is 1. The first-order chi connectivity index (χ1) is 9.76. The van der Waals surface area contributed by atoms with Gasteiger partial charge in [0.2, 0.25) is 0 Å². The Bertz CT molecular complexity index is 564. The van der Waals surface area contributed by atoms with Crippen LogP contribution >= 0.6 is 0 Å². The molecule has 4 heteroatoms. The molecule has 1 atom stereocenters. The summed E-state index contributed by atoms with van der Waals surface area (Å²) < 4.78 is 18.7. The van der Waals surface area contributed by atoms with E-state index < -0.39 is 0 Å². The van der Waals surface area contributed by atoms with E-state index in [0.717, 1.165) is 29.8 Å². The predicted octanol–water partition coefficient (Wildman–Crippen LogP) is 3.07. The van der Waals surface area contributed by atoms with Crippen molar-refractivity contribution in [3.63, 3.8) is 0 Å². The second-order valence-corrected chi connectivity index (χ2v) is 5.01. The maximum absolute atomic E-state index is 12.9. The number of hydrogen-bond acceptors (Lipinski definition) is 3. The Labute approximate surface area is 117 Å². The molecule has 104 valence electrons. The van der Waals surface area contributed by atoms with E-state index in [-0.39, 0.29) is 11.9 Å². The molecule has 1 unspecified atom stereocenters. The van der Waals surface area contributed by atoms with Gasteiger partial charge in [-0.1, -0.05) is 12.1 Å². The van der Waals surface area contributed by atoms with Crippen LogP contribution in [0.1, 0.15) is 30.1 Å². The highest BCUT2D eigenvalue weighted by molar-refractivity contribution is 5.33. The van der Waals surface area contributed by atoms with Gasteiger partial charge in [0.1, 0.15) is 11.6 Å². The lowest BCUT2D eigenvalue weighted by molar-refractivity contribution is 0.303. The van der Waals surface area contributed by atoms with Crippen molar-refractivity contribution in [1.82, 2.24) is 10.3 Å². The van der Waals surface area contributed by atoms with Gasteiger partial charge in [0.05, 0.1) is 24.0 Å². The Kier molecular flexibility index (Phi) is 3.65. The van der Waals surface area contributed by atoms with Crippen LogP contribution < -0.4 is 10.1 Å². The number of rotatable bonds is 5. The topological polar surface area (TPSA) is 34.1 Å². The highest BCUT2D eigenvalue weighted by Crippen LogP contribution is 2.28. The molecule has 3 nitrogen and oxygen atoms in total. The summed E-state index contributed by atoms with van der Waals surface area (Å²) in [6, 6.07) is 11.1. The molecule has 0 amide bonds. The monoisotopic (exact) mass is 272 g/mol. The molecule has 1 aliphatic carbocycles. The lowest BCUT2D eigenvalue weighted by Crippen LogP contribution is -2.18. The van der Waals surface area contributed by atoms with Crippen LogP contribution in [0, 0.1) is 5.82 Å². The third kappa shape index (κ3) is 2.96. The first-order valence-electron chi connectivity index (χ1n) is 6.81. The first-order valence-corrected chi connectivity index (χ1v) is 6.81. The summed E-state index contributed by atoms with van der Waals surface area (Å²) in [4.78, 5) is 4.14. The Morgan fingerprint density at radius 2 is 1.95 bits per heavy atom. The quantitative estimate of drug-likeness (QED) is 0.908. The normalized spacial score (nSPS) is 15.9. The van der Waals surface area contributed by atoms with Gasteiger partial charge in [-0.05, 0) is 49.7 Å². The fourth-order valence-corrected chi connectivity index (χ4v) is 2.16. The third-order valence-electron chi connectivity index (χ3n) is 3.38. The Hall–Kier alpha value is -1.94. The SMILES string of the molecule is CNC(c1ccc(OC2CC2)cc1)c1ccc(F)cn1. The van der Waals surface area contributed by atoms with Gasteiger partial charge in [-0.15, -0.1) is 0 Å². The van der Waals surface area contributed by atoms with Gasteiger partial charge in [0.15, 0.2) is 0 Å². The molecule has 1 aromatic carbocycles. The van der Waals surface area contributed by atoms with Gasteiger partial charge in [-0.2, -0.15) is 0 Å².